The molecule has 1 N–H and O–H groups in total. The molecule has 0 bridgehead atoms. The van der Waals surface area contributed by atoms with E-state index < -0.39 is 0 Å². The molecule has 1 aromatic heterocycles. The normalized spacial score (nSPS) is 21.1. The van der Waals surface area contributed by atoms with E-state index in [0.29, 0.717) is 51.1 Å². The number of aliphatic hydroxyl groups excluding tert-OH is 1. The second kappa shape index (κ2) is 13.1. The third-order valence-corrected chi connectivity index (χ3v) is 8.86. The van der Waals surface area contributed by atoms with E-state index >= 15 is 0 Å². The van der Waals surface area contributed by atoms with Crippen LogP contribution in [-0.4, -0.2) is 90.3 Å². The molecule has 1 amide bonds. The van der Waals surface area contributed by atoms with E-state index in [0.717, 1.165) is 71.5 Å². The lowest BCUT2D eigenvalue weighted by Crippen LogP contribution is -2.49. The summed E-state index contributed by atoms with van der Waals surface area (Å²) in [6.45, 7) is 5.78. The number of rotatable bonds is 7. The number of aromatic nitrogens is 2. The third-order valence-electron chi connectivity index (χ3n) is 8.86. The average Bonchev–Trinajstić information content (AvgIpc) is 3.07. The number of ether oxygens (including phenoxy) is 2. The number of piperazine rings is 1. The SMILES string of the molecule is C#Cc1cccc2cccc(C3Cc4nc(OC)nc(N5CCN(C(=O)/C=C/CN6CCCC(CO)C6)CC5)c4CO3)c12. The molecule has 2 aromatic carbocycles. The second-order valence-electron chi connectivity index (χ2n) is 11.5. The van der Waals surface area contributed by atoms with Crippen LogP contribution < -0.4 is 9.64 Å². The molecule has 0 radical (unpaired) electrons. The number of nitrogens with zero attached hydrogens (tertiary/aromatic N) is 5. The highest BCUT2D eigenvalue weighted by atomic mass is 16.5. The van der Waals surface area contributed by atoms with Gasteiger partial charge in [-0.05, 0) is 42.3 Å². The Labute approximate surface area is 253 Å². The largest absolute Gasteiger partial charge is 0.467 e. The number of piperidine rings is 1. The number of anilines is 1. The predicted molar refractivity (Wildman–Crippen MR) is 166 cm³/mol. The van der Waals surface area contributed by atoms with Crippen LogP contribution in [0, 0.1) is 18.3 Å². The Morgan fingerprint density at radius 3 is 2.74 bits per heavy atom. The van der Waals surface area contributed by atoms with Crippen molar-refractivity contribution in [1.82, 2.24) is 19.8 Å². The minimum absolute atomic E-state index is 0.0327. The van der Waals surface area contributed by atoms with Crippen molar-refractivity contribution in [3.05, 3.63) is 70.9 Å². The van der Waals surface area contributed by atoms with E-state index in [9.17, 15) is 9.90 Å². The summed E-state index contributed by atoms with van der Waals surface area (Å²) in [5.41, 5.74) is 3.80. The van der Waals surface area contributed by atoms with Gasteiger partial charge in [0.1, 0.15) is 5.82 Å². The summed E-state index contributed by atoms with van der Waals surface area (Å²) in [6.07, 6.45) is 12.1. The lowest BCUT2D eigenvalue weighted by atomic mass is 9.92. The van der Waals surface area contributed by atoms with Gasteiger partial charge in [0.2, 0.25) is 5.91 Å². The van der Waals surface area contributed by atoms with Crippen LogP contribution in [0.2, 0.25) is 0 Å². The summed E-state index contributed by atoms with van der Waals surface area (Å²) in [5, 5.41) is 11.6. The topological polar surface area (TPSA) is 91.3 Å². The maximum atomic E-state index is 12.9. The van der Waals surface area contributed by atoms with E-state index in [1.807, 2.05) is 29.2 Å². The van der Waals surface area contributed by atoms with Crippen LogP contribution in [0.5, 0.6) is 6.01 Å². The van der Waals surface area contributed by atoms with Gasteiger partial charge in [-0.15, -0.1) is 6.42 Å². The molecule has 0 spiro atoms. The monoisotopic (exact) mass is 581 g/mol. The quantitative estimate of drug-likeness (QED) is 0.336. The second-order valence-corrected chi connectivity index (χ2v) is 11.5. The zero-order valence-electron chi connectivity index (χ0n) is 24.7. The summed E-state index contributed by atoms with van der Waals surface area (Å²) >= 11 is 0. The Morgan fingerprint density at radius 1 is 1.16 bits per heavy atom. The molecule has 2 saturated heterocycles. The Balaban J connectivity index is 1.13. The Kier molecular flexibility index (Phi) is 8.89. The lowest BCUT2D eigenvalue weighted by Gasteiger charge is -2.37. The van der Waals surface area contributed by atoms with Crippen molar-refractivity contribution < 1.29 is 19.4 Å². The summed E-state index contributed by atoms with van der Waals surface area (Å²) in [7, 11) is 1.59. The first kappa shape index (κ1) is 29.1. The molecule has 3 aliphatic rings. The van der Waals surface area contributed by atoms with Gasteiger partial charge < -0.3 is 24.4 Å². The van der Waals surface area contributed by atoms with Crippen LogP contribution in [-0.2, 0) is 22.6 Å². The van der Waals surface area contributed by atoms with Crippen molar-refractivity contribution in [2.75, 3.05) is 64.4 Å². The molecule has 4 heterocycles. The number of carbonyl (C=O) groups is 1. The summed E-state index contributed by atoms with van der Waals surface area (Å²) in [4.78, 5) is 28.8. The molecule has 3 aliphatic heterocycles. The number of benzene rings is 2. The fourth-order valence-corrected chi connectivity index (χ4v) is 6.55. The standard InChI is InChI=1S/C34H39N5O4/c1-3-25-9-4-10-26-11-5-12-27(32(25)26)30-20-29-28(23-43-30)33(36-34(35-29)42-2)39-18-16-38(17-19-39)31(41)13-7-15-37-14-6-8-24(21-37)22-40/h1,4-5,7,9-13,24,30,40H,6,8,14-23H2,2H3/b13-7+. The Bertz CT molecular complexity index is 1540. The van der Waals surface area contributed by atoms with Gasteiger partial charge in [-0.25, -0.2) is 0 Å². The Morgan fingerprint density at radius 2 is 1.98 bits per heavy atom. The van der Waals surface area contributed by atoms with Crippen molar-refractivity contribution in [2.45, 2.75) is 32.0 Å². The lowest BCUT2D eigenvalue weighted by molar-refractivity contribution is -0.126. The average molecular weight is 582 g/mol. The number of amides is 1. The molecule has 3 aromatic rings. The van der Waals surface area contributed by atoms with Crippen LogP contribution >= 0.6 is 0 Å². The number of carbonyl (C=O) groups excluding carboxylic acids is 1. The van der Waals surface area contributed by atoms with Gasteiger partial charge in [0.25, 0.3) is 0 Å². The molecule has 2 unspecified atom stereocenters. The summed E-state index contributed by atoms with van der Waals surface area (Å²) < 4.78 is 12.0. The number of methoxy groups -OCH3 is 1. The molecule has 2 fully saturated rings. The molecule has 224 valence electrons. The van der Waals surface area contributed by atoms with Gasteiger partial charge in [-0.1, -0.05) is 42.3 Å². The molecule has 9 heteroatoms. The number of hydrogen-bond acceptors (Lipinski definition) is 8. The number of likely N-dealkylation sites (tertiary alicyclic amines) is 1. The van der Waals surface area contributed by atoms with Crippen molar-refractivity contribution >= 4 is 22.5 Å². The molecular formula is C34H39N5O4. The van der Waals surface area contributed by atoms with E-state index in [4.69, 9.17) is 25.9 Å². The third kappa shape index (κ3) is 6.23. The molecule has 0 aliphatic carbocycles. The van der Waals surface area contributed by atoms with Gasteiger partial charge in [0.15, 0.2) is 0 Å². The highest BCUT2D eigenvalue weighted by Gasteiger charge is 2.31. The van der Waals surface area contributed by atoms with Gasteiger partial charge in [0.05, 0.1) is 25.5 Å². The van der Waals surface area contributed by atoms with Crippen LogP contribution in [0.3, 0.4) is 0 Å². The fraction of sp³-hybridized carbons (Fsp3) is 0.441. The van der Waals surface area contributed by atoms with Gasteiger partial charge in [0, 0.05) is 74.9 Å². The van der Waals surface area contributed by atoms with Crippen LogP contribution in [0.4, 0.5) is 5.82 Å². The Hall–Kier alpha value is -3.97. The zero-order chi connectivity index (χ0) is 29.8. The van der Waals surface area contributed by atoms with Crippen molar-refractivity contribution in [2.24, 2.45) is 5.92 Å². The van der Waals surface area contributed by atoms with E-state index in [1.54, 1.807) is 13.2 Å². The minimum Gasteiger partial charge on any atom is -0.467 e. The van der Waals surface area contributed by atoms with Gasteiger partial charge >= 0.3 is 6.01 Å². The van der Waals surface area contributed by atoms with E-state index in [1.165, 1.54) is 0 Å². The van der Waals surface area contributed by atoms with E-state index in [2.05, 4.69) is 33.9 Å². The molecular weight excluding hydrogens is 542 g/mol. The number of hydrogen-bond donors (Lipinski definition) is 1. The first-order valence-corrected chi connectivity index (χ1v) is 15.1. The smallest absolute Gasteiger partial charge is 0.318 e. The number of aliphatic hydroxyl groups is 1. The van der Waals surface area contributed by atoms with Gasteiger partial charge in [-0.2, -0.15) is 9.97 Å². The summed E-state index contributed by atoms with van der Waals surface area (Å²) in [6, 6.07) is 12.5. The molecule has 2 atom stereocenters. The minimum atomic E-state index is -0.195. The van der Waals surface area contributed by atoms with Gasteiger partial charge in [-0.3, -0.25) is 9.69 Å². The van der Waals surface area contributed by atoms with Crippen molar-refractivity contribution in [3.8, 4) is 18.4 Å². The highest BCUT2D eigenvalue weighted by Crippen LogP contribution is 2.38. The zero-order valence-corrected chi connectivity index (χ0v) is 24.7. The first-order chi connectivity index (χ1) is 21.1. The summed E-state index contributed by atoms with van der Waals surface area (Å²) in [5.74, 6) is 4.02. The van der Waals surface area contributed by atoms with Crippen molar-refractivity contribution in [3.63, 3.8) is 0 Å². The highest BCUT2D eigenvalue weighted by molar-refractivity contribution is 5.91. The maximum Gasteiger partial charge on any atom is 0.318 e. The first-order valence-electron chi connectivity index (χ1n) is 15.1. The molecule has 0 saturated carbocycles. The van der Waals surface area contributed by atoms with Crippen LogP contribution in [0.25, 0.3) is 10.8 Å². The molecule has 6 rings (SSSR count). The van der Waals surface area contributed by atoms with Crippen LogP contribution in [0.1, 0.15) is 41.3 Å². The number of fused-ring (bicyclic) bond motifs is 2. The van der Waals surface area contributed by atoms with E-state index in [-0.39, 0.29) is 18.6 Å². The van der Waals surface area contributed by atoms with Crippen LogP contribution in [0.15, 0.2) is 48.6 Å². The molecule has 43 heavy (non-hydrogen) atoms. The van der Waals surface area contributed by atoms with Crippen molar-refractivity contribution in [1.29, 1.82) is 0 Å². The fourth-order valence-electron chi connectivity index (χ4n) is 6.55. The number of terminal acetylenes is 1. The maximum absolute atomic E-state index is 12.9. The molecule has 9 nitrogen and oxygen atoms in total. The predicted octanol–water partition coefficient (Wildman–Crippen LogP) is 3.34.